The van der Waals surface area contributed by atoms with Crippen molar-refractivity contribution in [2.24, 2.45) is 34.0 Å². The Balaban J connectivity index is 1.39. The highest BCUT2D eigenvalue weighted by molar-refractivity contribution is 5.76. The molecule has 2 saturated heterocycles. The molecule has 3 heteroatoms. The van der Waals surface area contributed by atoms with Crippen LogP contribution in [0, 0.1) is 34.0 Å². The molecule has 2 bridgehead atoms. The van der Waals surface area contributed by atoms with Crippen LogP contribution < -0.4 is 0 Å². The second-order valence-corrected chi connectivity index (χ2v) is 12.5. The first-order valence-corrected chi connectivity index (χ1v) is 11.7. The standard InChI is InChI=1S/C25H39NO2/c1-16-7-6-8-25(5)12-21-18(9-20(16)25)19(22(27)28-21)13-26-15-24(4)11-17(26)10-23(2,3)14-24/h9,16-19,21H,6-8,10-15H2,1-5H3/t16-,17-,18+,19+,21+,24+,25+/m0/s1. The van der Waals surface area contributed by atoms with Gasteiger partial charge in [-0.25, -0.2) is 0 Å². The summed E-state index contributed by atoms with van der Waals surface area (Å²) in [6, 6.07) is 0.649. The zero-order chi connectivity index (χ0) is 19.9. The third kappa shape index (κ3) is 2.99. The second-order valence-electron chi connectivity index (χ2n) is 12.5. The van der Waals surface area contributed by atoms with Crippen molar-refractivity contribution in [3.8, 4) is 0 Å². The van der Waals surface area contributed by atoms with Gasteiger partial charge in [0.2, 0.25) is 0 Å². The van der Waals surface area contributed by atoms with Crippen molar-refractivity contribution in [1.82, 2.24) is 4.90 Å². The number of rotatable bonds is 2. The summed E-state index contributed by atoms with van der Waals surface area (Å²) < 4.78 is 6.00. The van der Waals surface area contributed by atoms with E-state index in [2.05, 4.69) is 45.6 Å². The predicted octanol–water partition coefficient (Wildman–Crippen LogP) is 5.20. The van der Waals surface area contributed by atoms with Gasteiger partial charge in [-0.05, 0) is 60.7 Å². The summed E-state index contributed by atoms with van der Waals surface area (Å²) in [5.41, 5.74) is 2.75. The molecule has 4 fully saturated rings. The molecule has 28 heavy (non-hydrogen) atoms. The molecule has 156 valence electrons. The Labute approximate surface area is 171 Å². The summed E-state index contributed by atoms with van der Waals surface area (Å²) in [4.78, 5) is 15.6. The van der Waals surface area contributed by atoms with Gasteiger partial charge < -0.3 is 4.74 Å². The molecule has 0 aromatic rings. The Morgan fingerprint density at radius 1 is 1.18 bits per heavy atom. The van der Waals surface area contributed by atoms with E-state index in [4.69, 9.17) is 4.74 Å². The van der Waals surface area contributed by atoms with Crippen LogP contribution in [0.1, 0.15) is 79.6 Å². The van der Waals surface area contributed by atoms with Crippen LogP contribution >= 0.6 is 0 Å². The van der Waals surface area contributed by atoms with Crippen molar-refractivity contribution in [1.29, 1.82) is 0 Å². The number of hydrogen-bond acceptors (Lipinski definition) is 3. The van der Waals surface area contributed by atoms with Crippen molar-refractivity contribution >= 4 is 5.97 Å². The molecule has 5 aliphatic rings. The van der Waals surface area contributed by atoms with Gasteiger partial charge in [0.25, 0.3) is 0 Å². The van der Waals surface area contributed by atoms with Crippen LogP contribution in [0.4, 0.5) is 0 Å². The van der Waals surface area contributed by atoms with Crippen LogP contribution in [0.3, 0.4) is 0 Å². The highest BCUT2D eigenvalue weighted by Crippen LogP contribution is 2.56. The fourth-order valence-electron chi connectivity index (χ4n) is 8.30. The lowest BCUT2D eigenvalue weighted by atomic mass is 9.59. The van der Waals surface area contributed by atoms with Gasteiger partial charge in [0.15, 0.2) is 0 Å². The summed E-state index contributed by atoms with van der Waals surface area (Å²) in [6.07, 6.45) is 11.5. The molecule has 0 aromatic heterocycles. The molecule has 0 amide bonds. The topological polar surface area (TPSA) is 29.5 Å². The minimum atomic E-state index is 0.0437. The van der Waals surface area contributed by atoms with E-state index in [9.17, 15) is 4.79 Å². The Hall–Kier alpha value is -0.830. The van der Waals surface area contributed by atoms with Crippen LogP contribution in [0.5, 0.6) is 0 Å². The Morgan fingerprint density at radius 2 is 1.96 bits per heavy atom. The summed E-state index contributed by atoms with van der Waals surface area (Å²) in [5.74, 6) is 1.09. The Kier molecular flexibility index (Phi) is 4.17. The molecule has 2 saturated carbocycles. The number of hydrogen-bond donors (Lipinski definition) is 0. The molecule has 2 heterocycles. The fraction of sp³-hybridized carbons (Fsp3) is 0.880. The molecule has 0 spiro atoms. The quantitative estimate of drug-likeness (QED) is 0.483. The van der Waals surface area contributed by atoms with Gasteiger partial charge in [0, 0.05) is 25.0 Å². The summed E-state index contributed by atoms with van der Waals surface area (Å²) in [5, 5.41) is 0. The predicted molar refractivity (Wildman–Crippen MR) is 112 cm³/mol. The van der Waals surface area contributed by atoms with Gasteiger partial charge in [-0.15, -0.1) is 0 Å². The number of ether oxygens (including phenoxy) is 1. The van der Waals surface area contributed by atoms with E-state index >= 15 is 0 Å². The van der Waals surface area contributed by atoms with Crippen molar-refractivity contribution in [2.45, 2.75) is 91.7 Å². The van der Waals surface area contributed by atoms with Crippen LogP contribution in [-0.4, -0.2) is 36.1 Å². The summed E-state index contributed by atoms with van der Waals surface area (Å²) in [6.45, 7) is 14.2. The Morgan fingerprint density at radius 3 is 2.75 bits per heavy atom. The third-order valence-electron chi connectivity index (χ3n) is 9.04. The van der Waals surface area contributed by atoms with E-state index in [0.29, 0.717) is 28.7 Å². The zero-order valence-corrected chi connectivity index (χ0v) is 18.6. The molecule has 3 aliphatic carbocycles. The molecule has 0 unspecified atom stereocenters. The zero-order valence-electron chi connectivity index (χ0n) is 18.6. The van der Waals surface area contributed by atoms with Crippen LogP contribution in [-0.2, 0) is 9.53 Å². The summed E-state index contributed by atoms with van der Waals surface area (Å²) in [7, 11) is 0. The van der Waals surface area contributed by atoms with Crippen LogP contribution in [0.15, 0.2) is 11.6 Å². The van der Waals surface area contributed by atoms with Crippen LogP contribution in [0.2, 0.25) is 0 Å². The summed E-state index contributed by atoms with van der Waals surface area (Å²) >= 11 is 0. The molecular weight excluding hydrogens is 346 g/mol. The highest BCUT2D eigenvalue weighted by atomic mass is 16.6. The lowest BCUT2D eigenvalue weighted by Crippen LogP contribution is -2.42. The van der Waals surface area contributed by atoms with E-state index < -0.39 is 0 Å². The van der Waals surface area contributed by atoms with Gasteiger partial charge >= 0.3 is 5.97 Å². The van der Waals surface area contributed by atoms with E-state index in [1.165, 1.54) is 38.5 Å². The smallest absolute Gasteiger partial charge is 0.311 e. The van der Waals surface area contributed by atoms with E-state index in [1.807, 2.05) is 0 Å². The number of carbonyl (C=O) groups is 1. The first-order chi connectivity index (χ1) is 13.1. The van der Waals surface area contributed by atoms with E-state index in [0.717, 1.165) is 19.5 Å². The highest BCUT2D eigenvalue weighted by Gasteiger charge is 2.55. The fourth-order valence-corrected chi connectivity index (χ4v) is 8.30. The third-order valence-corrected chi connectivity index (χ3v) is 9.04. The van der Waals surface area contributed by atoms with Crippen LogP contribution in [0.25, 0.3) is 0 Å². The molecule has 0 aromatic carbocycles. The molecule has 2 aliphatic heterocycles. The second kappa shape index (κ2) is 6.09. The number of nitrogens with zero attached hydrogens (tertiary/aromatic N) is 1. The maximum atomic E-state index is 12.9. The average Bonchev–Trinajstić information content (AvgIpc) is 2.97. The number of likely N-dealkylation sites (tertiary alicyclic amines) is 1. The van der Waals surface area contributed by atoms with Gasteiger partial charge in [0.1, 0.15) is 6.10 Å². The van der Waals surface area contributed by atoms with Crippen molar-refractivity contribution in [3.05, 3.63) is 11.6 Å². The van der Waals surface area contributed by atoms with Crippen molar-refractivity contribution < 1.29 is 9.53 Å². The molecule has 7 atom stereocenters. The molecule has 0 N–H and O–H groups in total. The molecular formula is C25H39NO2. The number of fused-ring (bicyclic) bond motifs is 4. The molecule has 0 radical (unpaired) electrons. The number of carbonyl (C=O) groups excluding carboxylic acids is 1. The lowest BCUT2D eigenvalue weighted by Gasteiger charge is -2.46. The van der Waals surface area contributed by atoms with Crippen molar-refractivity contribution in [2.75, 3.05) is 13.1 Å². The van der Waals surface area contributed by atoms with Gasteiger partial charge in [-0.3, -0.25) is 9.69 Å². The van der Waals surface area contributed by atoms with Crippen molar-refractivity contribution in [3.63, 3.8) is 0 Å². The van der Waals surface area contributed by atoms with Gasteiger partial charge in [0.05, 0.1) is 5.92 Å². The lowest BCUT2D eigenvalue weighted by molar-refractivity contribution is -0.145. The van der Waals surface area contributed by atoms with Gasteiger partial charge in [-0.1, -0.05) is 52.7 Å². The maximum absolute atomic E-state index is 12.9. The minimum Gasteiger partial charge on any atom is -0.461 e. The Bertz CT molecular complexity index is 711. The minimum absolute atomic E-state index is 0.0437. The SMILES string of the molecule is C[C@H]1CCC[C@]2(C)C[C@H]3OC(=O)[C@H](CN4C[C@]5(C)C[C@@H]4CC(C)(C)C5)[C@H]3C=C12. The molecule has 5 rings (SSSR count). The monoisotopic (exact) mass is 385 g/mol. The van der Waals surface area contributed by atoms with Gasteiger partial charge in [-0.2, -0.15) is 0 Å². The number of esters is 1. The number of allylic oxidation sites excluding steroid dienone is 1. The normalized spacial score (nSPS) is 50.0. The molecule has 3 nitrogen and oxygen atoms in total. The van der Waals surface area contributed by atoms with E-state index in [-0.39, 0.29) is 23.4 Å². The largest absolute Gasteiger partial charge is 0.461 e. The first kappa shape index (κ1) is 19.2. The average molecular weight is 386 g/mol. The maximum Gasteiger partial charge on any atom is 0.311 e. The van der Waals surface area contributed by atoms with E-state index in [1.54, 1.807) is 5.57 Å². The first-order valence-electron chi connectivity index (χ1n) is 11.7.